The Morgan fingerprint density at radius 2 is 1.91 bits per heavy atom. The van der Waals surface area contributed by atoms with Gasteiger partial charge in [-0.2, -0.15) is 0 Å². The number of allylic oxidation sites excluding steroid dienone is 1. The highest BCUT2D eigenvalue weighted by Gasteiger charge is 2.10. The fourth-order valence-corrected chi connectivity index (χ4v) is 2.08. The molecule has 0 atom stereocenters. The Kier molecular flexibility index (Phi) is 5.07. The summed E-state index contributed by atoms with van der Waals surface area (Å²) >= 11 is 5.82. The average molecular weight is 319 g/mol. The first-order valence-electron chi connectivity index (χ1n) is 6.48. The normalized spacial score (nSPS) is 10.7. The van der Waals surface area contributed by atoms with Crippen molar-refractivity contribution in [2.45, 2.75) is 0 Å². The summed E-state index contributed by atoms with van der Waals surface area (Å²) in [6.07, 6.45) is 3.05. The lowest BCUT2D eigenvalue weighted by Gasteiger charge is -2.07. The molecule has 0 aliphatic heterocycles. The Morgan fingerprint density at radius 3 is 2.55 bits per heavy atom. The van der Waals surface area contributed by atoms with Crippen molar-refractivity contribution in [1.82, 2.24) is 0 Å². The van der Waals surface area contributed by atoms with Gasteiger partial charge >= 0.3 is 0 Å². The zero-order valence-electron chi connectivity index (χ0n) is 12.2. The third-order valence-electron chi connectivity index (χ3n) is 3.07. The van der Waals surface area contributed by atoms with Gasteiger partial charge in [0.15, 0.2) is 5.78 Å². The third-order valence-corrected chi connectivity index (χ3v) is 3.38. The molecule has 0 radical (unpaired) electrons. The summed E-state index contributed by atoms with van der Waals surface area (Å²) in [5.74, 6) is 0.853. The molecule has 22 heavy (non-hydrogen) atoms. The van der Waals surface area contributed by atoms with Crippen molar-refractivity contribution in [3.05, 3.63) is 58.6 Å². The molecule has 0 bridgehead atoms. The summed E-state index contributed by atoms with van der Waals surface area (Å²) in [6, 6.07) is 9.70. The molecule has 0 aromatic heterocycles. The van der Waals surface area contributed by atoms with E-state index < -0.39 is 0 Å². The lowest BCUT2D eigenvalue weighted by molar-refractivity contribution is 0.104. The van der Waals surface area contributed by atoms with Crippen LogP contribution in [0.5, 0.6) is 17.2 Å². The molecular weight excluding hydrogens is 304 g/mol. The minimum Gasteiger partial charge on any atom is -0.506 e. The van der Waals surface area contributed by atoms with Crippen molar-refractivity contribution in [1.29, 1.82) is 0 Å². The number of phenols is 1. The van der Waals surface area contributed by atoms with Crippen LogP contribution in [0, 0.1) is 0 Å². The van der Waals surface area contributed by atoms with Gasteiger partial charge in [-0.1, -0.05) is 23.7 Å². The van der Waals surface area contributed by atoms with Crippen LogP contribution in [0.2, 0.25) is 5.02 Å². The van der Waals surface area contributed by atoms with E-state index in [9.17, 15) is 9.90 Å². The van der Waals surface area contributed by atoms with Gasteiger partial charge in [0.25, 0.3) is 0 Å². The molecule has 4 nitrogen and oxygen atoms in total. The van der Waals surface area contributed by atoms with Crippen molar-refractivity contribution in [3.8, 4) is 17.2 Å². The lowest BCUT2D eigenvalue weighted by Crippen LogP contribution is -1.99. The highest BCUT2D eigenvalue weighted by atomic mass is 35.5. The number of rotatable bonds is 5. The molecule has 0 unspecified atom stereocenters. The molecule has 2 rings (SSSR count). The Labute approximate surface area is 133 Å². The second-order valence-corrected chi connectivity index (χ2v) is 4.88. The molecule has 0 spiro atoms. The van der Waals surface area contributed by atoms with Crippen molar-refractivity contribution in [2.24, 2.45) is 0 Å². The van der Waals surface area contributed by atoms with Gasteiger partial charge in [0.05, 0.1) is 24.8 Å². The number of phenolic OH excluding ortho intramolecular Hbond substituents is 1. The number of ether oxygens (including phenoxy) is 2. The minimum absolute atomic E-state index is 0.00182. The molecule has 0 heterocycles. The number of carbonyl (C=O) groups is 1. The first-order valence-corrected chi connectivity index (χ1v) is 6.86. The van der Waals surface area contributed by atoms with Crippen molar-refractivity contribution < 1.29 is 19.4 Å². The van der Waals surface area contributed by atoms with E-state index >= 15 is 0 Å². The van der Waals surface area contributed by atoms with E-state index in [4.69, 9.17) is 21.1 Å². The van der Waals surface area contributed by atoms with Gasteiger partial charge in [-0.25, -0.2) is 0 Å². The highest BCUT2D eigenvalue weighted by Crippen LogP contribution is 2.26. The number of methoxy groups -OCH3 is 2. The molecule has 2 aromatic rings. The maximum Gasteiger partial charge on any atom is 0.189 e. The van der Waals surface area contributed by atoms with Crippen LogP contribution in [-0.2, 0) is 0 Å². The van der Waals surface area contributed by atoms with Crippen molar-refractivity contribution >= 4 is 23.5 Å². The minimum atomic E-state index is -0.205. The number of ketones is 1. The lowest BCUT2D eigenvalue weighted by atomic mass is 10.1. The van der Waals surface area contributed by atoms with Gasteiger partial charge in [-0.15, -0.1) is 0 Å². The number of hydrogen-bond donors (Lipinski definition) is 1. The zero-order chi connectivity index (χ0) is 16.1. The van der Waals surface area contributed by atoms with Crippen LogP contribution in [0.3, 0.4) is 0 Å². The average Bonchev–Trinajstić information content (AvgIpc) is 2.54. The molecule has 0 aliphatic rings. The summed E-state index contributed by atoms with van der Waals surface area (Å²) < 4.78 is 10.3. The van der Waals surface area contributed by atoms with Gasteiger partial charge in [0.1, 0.15) is 17.2 Å². The Bertz CT molecular complexity index is 723. The van der Waals surface area contributed by atoms with E-state index in [1.807, 2.05) is 0 Å². The van der Waals surface area contributed by atoms with Gasteiger partial charge in [0, 0.05) is 6.07 Å². The molecule has 0 fully saturated rings. The Balaban J connectivity index is 2.24. The van der Waals surface area contributed by atoms with Gasteiger partial charge in [0.2, 0.25) is 0 Å². The maximum atomic E-state index is 12.3. The van der Waals surface area contributed by atoms with Crippen molar-refractivity contribution in [2.75, 3.05) is 14.2 Å². The second kappa shape index (κ2) is 7.00. The smallest absolute Gasteiger partial charge is 0.189 e. The molecule has 1 N–H and O–H groups in total. The van der Waals surface area contributed by atoms with Gasteiger partial charge in [-0.3, -0.25) is 4.79 Å². The van der Waals surface area contributed by atoms with Crippen LogP contribution in [0.15, 0.2) is 42.5 Å². The maximum absolute atomic E-state index is 12.3. The van der Waals surface area contributed by atoms with E-state index in [2.05, 4.69) is 0 Å². The third kappa shape index (κ3) is 3.59. The Hall–Kier alpha value is -2.46. The highest BCUT2D eigenvalue weighted by molar-refractivity contribution is 6.32. The van der Waals surface area contributed by atoms with Crippen molar-refractivity contribution in [3.63, 3.8) is 0 Å². The summed E-state index contributed by atoms with van der Waals surface area (Å²) in [7, 11) is 3.04. The van der Waals surface area contributed by atoms with Crippen LogP contribution in [0.4, 0.5) is 0 Å². The largest absolute Gasteiger partial charge is 0.506 e. The number of benzene rings is 2. The van der Waals surface area contributed by atoms with Gasteiger partial charge in [-0.05, 0) is 35.9 Å². The fraction of sp³-hybridized carbons (Fsp3) is 0.118. The topological polar surface area (TPSA) is 55.8 Å². The van der Waals surface area contributed by atoms with Crippen LogP contribution >= 0.6 is 11.6 Å². The second-order valence-electron chi connectivity index (χ2n) is 4.47. The predicted molar refractivity (Wildman–Crippen MR) is 86.0 cm³/mol. The summed E-state index contributed by atoms with van der Waals surface area (Å²) in [5, 5.41) is 9.60. The zero-order valence-corrected chi connectivity index (χ0v) is 12.9. The molecule has 0 amide bonds. The summed E-state index contributed by atoms with van der Waals surface area (Å²) in [6.45, 7) is 0. The summed E-state index contributed by atoms with van der Waals surface area (Å²) in [5.41, 5.74) is 1.15. The molecule has 0 saturated carbocycles. The number of aromatic hydroxyl groups is 1. The Morgan fingerprint density at radius 1 is 1.14 bits per heavy atom. The SMILES string of the molecule is COc1ccc(C(=O)/C=C/c2ccc(O)c(Cl)c2)c(OC)c1. The van der Waals surface area contributed by atoms with E-state index in [1.54, 1.807) is 43.5 Å². The molecule has 114 valence electrons. The molecule has 5 heteroatoms. The molecule has 0 saturated heterocycles. The molecule has 0 aliphatic carbocycles. The monoisotopic (exact) mass is 318 g/mol. The molecule has 2 aromatic carbocycles. The standard InChI is InChI=1S/C17H15ClO4/c1-21-12-5-6-13(17(10-12)22-2)15(19)7-3-11-4-8-16(20)14(18)9-11/h3-10,20H,1-2H3/b7-3+. The number of halogens is 1. The van der Waals surface area contributed by atoms with Crippen LogP contribution < -0.4 is 9.47 Å². The number of carbonyl (C=O) groups excluding carboxylic acids is 1. The van der Waals surface area contributed by atoms with E-state index in [1.165, 1.54) is 19.3 Å². The fourth-order valence-electron chi connectivity index (χ4n) is 1.89. The number of hydrogen-bond acceptors (Lipinski definition) is 4. The van der Waals surface area contributed by atoms with Crippen LogP contribution in [-0.4, -0.2) is 25.1 Å². The van der Waals surface area contributed by atoms with Gasteiger partial charge < -0.3 is 14.6 Å². The quantitative estimate of drug-likeness (QED) is 0.669. The van der Waals surface area contributed by atoms with Crippen LogP contribution in [0.25, 0.3) is 6.08 Å². The van der Waals surface area contributed by atoms with E-state index in [0.29, 0.717) is 22.6 Å². The summed E-state index contributed by atoms with van der Waals surface area (Å²) in [4.78, 5) is 12.3. The first-order chi connectivity index (χ1) is 10.5. The first kappa shape index (κ1) is 15.9. The van der Waals surface area contributed by atoms with E-state index in [-0.39, 0.29) is 16.6 Å². The van der Waals surface area contributed by atoms with E-state index in [0.717, 1.165) is 0 Å². The van der Waals surface area contributed by atoms with Crippen LogP contribution in [0.1, 0.15) is 15.9 Å². The molecular formula is C17H15ClO4. The predicted octanol–water partition coefficient (Wildman–Crippen LogP) is 3.96.